The maximum atomic E-state index is 12.1. The van der Waals surface area contributed by atoms with E-state index in [0.29, 0.717) is 12.4 Å². The van der Waals surface area contributed by atoms with Gasteiger partial charge < -0.3 is 15.3 Å². The Balaban J connectivity index is 0.000000451. The zero-order chi connectivity index (χ0) is 23.9. The minimum atomic E-state index is -5.08. The molecule has 0 unspecified atom stereocenters. The van der Waals surface area contributed by atoms with Crippen molar-refractivity contribution in [2.45, 2.75) is 32.7 Å². The van der Waals surface area contributed by atoms with Crippen LogP contribution in [0.2, 0.25) is 0 Å². The van der Waals surface area contributed by atoms with Crippen molar-refractivity contribution in [2.24, 2.45) is 0 Å². The number of rotatable bonds is 7. The zero-order valence-electron chi connectivity index (χ0n) is 17.5. The fourth-order valence-corrected chi connectivity index (χ4v) is 3.25. The van der Waals surface area contributed by atoms with Gasteiger partial charge in [-0.05, 0) is 44.1 Å². The molecule has 0 spiro atoms. The van der Waals surface area contributed by atoms with Gasteiger partial charge in [0, 0.05) is 12.7 Å². The Morgan fingerprint density at radius 1 is 1.28 bits per heavy atom. The minimum absolute atomic E-state index is 0.134. The first-order chi connectivity index (χ1) is 15.0. The molecule has 0 aliphatic heterocycles. The van der Waals surface area contributed by atoms with Gasteiger partial charge in [0.1, 0.15) is 12.2 Å². The highest BCUT2D eigenvalue weighted by Crippen LogP contribution is 2.26. The van der Waals surface area contributed by atoms with Gasteiger partial charge in [-0.2, -0.15) is 28.2 Å². The van der Waals surface area contributed by atoms with Gasteiger partial charge in [0.15, 0.2) is 5.82 Å². The fourth-order valence-electron chi connectivity index (χ4n) is 2.38. The summed E-state index contributed by atoms with van der Waals surface area (Å²) in [5.41, 5.74) is 2.14. The molecule has 2 N–H and O–H groups in total. The van der Waals surface area contributed by atoms with Crippen LogP contribution in [0.3, 0.4) is 0 Å². The molecule has 0 aromatic carbocycles. The second kappa shape index (κ2) is 10.9. The minimum Gasteiger partial charge on any atom is -0.475 e. The van der Waals surface area contributed by atoms with Gasteiger partial charge in [-0.1, -0.05) is 0 Å². The van der Waals surface area contributed by atoms with Crippen molar-refractivity contribution in [3.63, 3.8) is 0 Å². The Morgan fingerprint density at radius 3 is 2.53 bits per heavy atom. The summed E-state index contributed by atoms with van der Waals surface area (Å²) in [6, 6.07) is 4.06. The maximum absolute atomic E-state index is 12.1. The summed E-state index contributed by atoms with van der Waals surface area (Å²) >= 11 is 1.66. The number of aryl methyl sites for hydroxylation is 1. The van der Waals surface area contributed by atoms with Crippen LogP contribution in [0.1, 0.15) is 12.5 Å². The summed E-state index contributed by atoms with van der Waals surface area (Å²) < 4.78 is 33.4. The third kappa shape index (κ3) is 7.77. The Hall–Kier alpha value is -3.26. The predicted molar refractivity (Wildman–Crippen MR) is 111 cm³/mol. The third-order valence-corrected chi connectivity index (χ3v) is 4.68. The van der Waals surface area contributed by atoms with Crippen molar-refractivity contribution in [1.29, 1.82) is 0 Å². The monoisotopic (exact) mass is 473 g/mol. The SMILES string of the molecule is CCn1ncc(NC(=O)Cn2ccc(-c3cc(CN(C)C)cs3)n2)n1.O=C(O)C(F)(F)F. The number of thiophene rings is 1. The first-order valence-corrected chi connectivity index (χ1v) is 10.1. The first kappa shape index (κ1) is 25.0. The fraction of sp³-hybridized carbons (Fsp3) is 0.389. The lowest BCUT2D eigenvalue weighted by molar-refractivity contribution is -0.192. The third-order valence-electron chi connectivity index (χ3n) is 3.68. The summed E-state index contributed by atoms with van der Waals surface area (Å²) in [6.07, 6.45) is -1.74. The molecule has 3 heterocycles. The molecule has 10 nitrogen and oxygen atoms in total. The largest absolute Gasteiger partial charge is 0.490 e. The Bertz CT molecular complexity index is 1040. The second-order valence-electron chi connectivity index (χ2n) is 6.72. The standard InChI is InChI=1S/C16H21N7OS.C2HF3O2/c1-4-23-17-8-15(20-23)18-16(24)10-22-6-5-13(19-22)14-7-12(11-25-14)9-21(2)3;3-2(4,5)1(6)7/h5-8,11H,4,9-10H2,1-3H3,(H,18,20,24);(H,6,7). The zero-order valence-corrected chi connectivity index (χ0v) is 18.3. The quantitative estimate of drug-likeness (QED) is 0.541. The number of nitrogens with one attached hydrogen (secondary N) is 1. The van der Waals surface area contributed by atoms with E-state index in [1.54, 1.807) is 16.0 Å². The number of aliphatic carboxylic acids is 1. The van der Waals surface area contributed by atoms with E-state index in [1.165, 1.54) is 16.6 Å². The van der Waals surface area contributed by atoms with E-state index in [0.717, 1.165) is 17.1 Å². The molecule has 0 aliphatic rings. The van der Waals surface area contributed by atoms with Crippen molar-refractivity contribution in [2.75, 3.05) is 19.4 Å². The van der Waals surface area contributed by atoms with E-state index in [9.17, 15) is 18.0 Å². The molecular weight excluding hydrogens is 451 g/mol. The van der Waals surface area contributed by atoms with Crippen molar-refractivity contribution in [3.8, 4) is 10.6 Å². The van der Waals surface area contributed by atoms with Crippen LogP contribution in [0, 0.1) is 0 Å². The number of carboxylic acid groups (broad SMARTS) is 1. The van der Waals surface area contributed by atoms with Gasteiger partial charge >= 0.3 is 12.1 Å². The van der Waals surface area contributed by atoms with E-state index in [4.69, 9.17) is 9.90 Å². The topological polar surface area (TPSA) is 118 Å². The molecule has 0 bridgehead atoms. The molecule has 3 rings (SSSR count). The number of carboxylic acids is 1. The summed E-state index contributed by atoms with van der Waals surface area (Å²) in [6.45, 7) is 3.63. The molecule has 0 radical (unpaired) electrons. The van der Waals surface area contributed by atoms with E-state index < -0.39 is 12.1 Å². The van der Waals surface area contributed by atoms with E-state index >= 15 is 0 Å². The second-order valence-corrected chi connectivity index (χ2v) is 7.64. The molecule has 3 aromatic rings. The van der Waals surface area contributed by atoms with Crippen molar-refractivity contribution in [1.82, 2.24) is 29.7 Å². The lowest BCUT2D eigenvalue weighted by atomic mass is 10.2. The summed E-state index contributed by atoms with van der Waals surface area (Å²) in [5.74, 6) is -2.49. The molecule has 32 heavy (non-hydrogen) atoms. The summed E-state index contributed by atoms with van der Waals surface area (Å²) in [5, 5.41) is 24.6. The highest BCUT2D eigenvalue weighted by molar-refractivity contribution is 7.13. The number of anilines is 1. The van der Waals surface area contributed by atoms with E-state index in [1.807, 2.05) is 33.3 Å². The predicted octanol–water partition coefficient (Wildman–Crippen LogP) is 2.56. The lowest BCUT2D eigenvalue weighted by Gasteiger charge is -2.06. The van der Waals surface area contributed by atoms with E-state index in [-0.39, 0.29) is 12.5 Å². The van der Waals surface area contributed by atoms with Crippen molar-refractivity contribution in [3.05, 3.63) is 35.5 Å². The molecule has 3 aromatic heterocycles. The lowest BCUT2D eigenvalue weighted by Crippen LogP contribution is -2.21. The van der Waals surface area contributed by atoms with Crippen molar-refractivity contribution >= 4 is 29.0 Å². The molecular formula is C18H22F3N7O3S. The van der Waals surface area contributed by atoms with Gasteiger partial charge in [-0.3, -0.25) is 9.48 Å². The average molecular weight is 473 g/mol. The molecule has 0 saturated heterocycles. The van der Waals surface area contributed by atoms with Gasteiger partial charge in [-0.15, -0.1) is 16.4 Å². The molecule has 0 aliphatic carbocycles. The number of amides is 1. The smallest absolute Gasteiger partial charge is 0.475 e. The molecule has 0 saturated carbocycles. The number of hydrogen-bond donors (Lipinski definition) is 2. The van der Waals surface area contributed by atoms with Crippen LogP contribution in [0.15, 0.2) is 29.9 Å². The Morgan fingerprint density at radius 2 is 1.97 bits per heavy atom. The number of carbonyl (C=O) groups excluding carboxylic acids is 1. The average Bonchev–Trinajstić information content (AvgIpc) is 3.42. The van der Waals surface area contributed by atoms with Crippen LogP contribution in [0.5, 0.6) is 0 Å². The van der Waals surface area contributed by atoms with Crippen LogP contribution in [-0.4, -0.2) is 66.9 Å². The van der Waals surface area contributed by atoms with Crippen LogP contribution >= 0.6 is 11.3 Å². The number of nitrogens with zero attached hydrogens (tertiary/aromatic N) is 6. The molecule has 1 amide bonds. The van der Waals surface area contributed by atoms with Gasteiger partial charge in [0.25, 0.3) is 0 Å². The van der Waals surface area contributed by atoms with Crippen LogP contribution in [0.25, 0.3) is 10.6 Å². The van der Waals surface area contributed by atoms with Gasteiger partial charge in [0.05, 0.1) is 17.6 Å². The molecule has 0 atom stereocenters. The summed E-state index contributed by atoms with van der Waals surface area (Å²) in [7, 11) is 4.09. The van der Waals surface area contributed by atoms with Gasteiger partial charge in [0.2, 0.25) is 5.91 Å². The van der Waals surface area contributed by atoms with Crippen LogP contribution in [-0.2, 0) is 29.2 Å². The Kier molecular flexibility index (Phi) is 8.48. The number of aromatic nitrogens is 5. The summed E-state index contributed by atoms with van der Waals surface area (Å²) in [4.78, 5) is 25.7. The maximum Gasteiger partial charge on any atom is 0.490 e. The number of halogens is 3. The Labute approximate surface area is 185 Å². The number of carbonyl (C=O) groups is 2. The highest BCUT2D eigenvalue weighted by Gasteiger charge is 2.38. The molecule has 0 fully saturated rings. The molecule has 174 valence electrons. The number of alkyl halides is 3. The first-order valence-electron chi connectivity index (χ1n) is 9.24. The van der Waals surface area contributed by atoms with Crippen LogP contribution < -0.4 is 5.32 Å². The van der Waals surface area contributed by atoms with Crippen molar-refractivity contribution < 1.29 is 27.9 Å². The van der Waals surface area contributed by atoms with Gasteiger partial charge in [-0.25, -0.2) is 4.79 Å². The van der Waals surface area contributed by atoms with E-state index in [2.05, 4.69) is 37.0 Å². The van der Waals surface area contributed by atoms with Crippen LogP contribution in [0.4, 0.5) is 19.0 Å². The highest BCUT2D eigenvalue weighted by atomic mass is 32.1. The molecule has 14 heteroatoms. The number of hydrogen-bond acceptors (Lipinski definition) is 7. The normalized spacial score (nSPS) is 11.2.